The summed E-state index contributed by atoms with van der Waals surface area (Å²) in [4.78, 5) is 26.4. The van der Waals surface area contributed by atoms with Gasteiger partial charge in [-0.15, -0.1) is 0 Å². The molecule has 1 atom stereocenters. The van der Waals surface area contributed by atoms with Crippen LogP contribution in [0.4, 0.5) is 0 Å². The van der Waals surface area contributed by atoms with Crippen LogP contribution in [0.1, 0.15) is 12.8 Å². The molecule has 0 aliphatic heterocycles. The first-order valence-corrected chi connectivity index (χ1v) is 6.99. The molecule has 2 N–H and O–H groups in total. The molecule has 1 aromatic rings. The molecule has 0 aliphatic carbocycles. The van der Waals surface area contributed by atoms with Crippen molar-refractivity contribution in [1.82, 2.24) is 14.9 Å². The van der Waals surface area contributed by atoms with Gasteiger partial charge in [0.05, 0.1) is 6.33 Å². The van der Waals surface area contributed by atoms with Crippen LogP contribution in [0.2, 0.25) is 0 Å². The van der Waals surface area contributed by atoms with Crippen LogP contribution in [0.15, 0.2) is 18.7 Å². The van der Waals surface area contributed by atoms with Gasteiger partial charge in [-0.25, -0.2) is 9.78 Å². The van der Waals surface area contributed by atoms with Gasteiger partial charge in [-0.3, -0.25) is 4.79 Å². The van der Waals surface area contributed by atoms with Crippen LogP contribution in [0.25, 0.3) is 0 Å². The molecular weight excluding hydrogens is 254 g/mol. The van der Waals surface area contributed by atoms with E-state index in [1.807, 2.05) is 6.26 Å². The largest absolute Gasteiger partial charge is 0.480 e. The van der Waals surface area contributed by atoms with Crippen molar-refractivity contribution in [3.63, 3.8) is 0 Å². The number of aryl methyl sites for hydroxylation is 1. The average Bonchev–Trinajstić information content (AvgIpc) is 2.84. The number of hydrogen-bond acceptors (Lipinski definition) is 4. The number of nitrogens with zero attached hydrogens (tertiary/aromatic N) is 2. The fourth-order valence-electron chi connectivity index (χ4n) is 1.41. The Balaban J connectivity index is 2.34. The van der Waals surface area contributed by atoms with Crippen molar-refractivity contribution in [2.24, 2.45) is 0 Å². The number of nitrogens with one attached hydrogen (secondary N) is 1. The molecule has 100 valence electrons. The van der Waals surface area contributed by atoms with Gasteiger partial charge >= 0.3 is 5.97 Å². The first-order chi connectivity index (χ1) is 8.63. The van der Waals surface area contributed by atoms with Crippen LogP contribution in [0, 0.1) is 0 Å². The van der Waals surface area contributed by atoms with Gasteiger partial charge in [0.25, 0.3) is 0 Å². The Kier molecular flexibility index (Phi) is 6.27. The number of carboxylic acids is 1. The Hall–Kier alpha value is -1.50. The summed E-state index contributed by atoms with van der Waals surface area (Å²) in [7, 11) is 0. The standard InChI is InChI=1S/C11H17N3O3S/c1-18-7-3-9(11(16)17)13-10(15)2-5-14-6-4-12-8-14/h4,6,8-9H,2-3,5,7H2,1H3,(H,13,15)(H,16,17). The van der Waals surface area contributed by atoms with Crippen LogP contribution in [0.3, 0.4) is 0 Å². The second-order valence-electron chi connectivity index (χ2n) is 3.79. The Bertz CT molecular complexity index is 381. The monoisotopic (exact) mass is 271 g/mol. The Labute approximate surface area is 110 Å². The second kappa shape index (κ2) is 7.75. The smallest absolute Gasteiger partial charge is 0.326 e. The maximum absolute atomic E-state index is 11.6. The maximum Gasteiger partial charge on any atom is 0.326 e. The highest BCUT2D eigenvalue weighted by Gasteiger charge is 2.18. The van der Waals surface area contributed by atoms with Crippen molar-refractivity contribution in [3.8, 4) is 0 Å². The van der Waals surface area contributed by atoms with E-state index in [2.05, 4.69) is 10.3 Å². The Morgan fingerprint density at radius 2 is 2.33 bits per heavy atom. The predicted octanol–water partition coefficient (Wildman–Crippen LogP) is 0.596. The van der Waals surface area contributed by atoms with E-state index in [9.17, 15) is 9.59 Å². The zero-order valence-corrected chi connectivity index (χ0v) is 11.0. The number of rotatable bonds is 8. The van der Waals surface area contributed by atoms with Crippen LogP contribution in [-0.2, 0) is 16.1 Å². The zero-order valence-electron chi connectivity index (χ0n) is 10.2. The van der Waals surface area contributed by atoms with Gasteiger partial charge in [-0.1, -0.05) is 0 Å². The molecule has 7 heteroatoms. The van der Waals surface area contributed by atoms with Crippen molar-refractivity contribution >= 4 is 23.6 Å². The number of carbonyl (C=O) groups excluding carboxylic acids is 1. The molecule has 0 aromatic carbocycles. The van der Waals surface area contributed by atoms with E-state index in [-0.39, 0.29) is 12.3 Å². The van der Waals surface area contributed by atoms with E-state index in [0.717, 1.165) is 0 Å². The molecule has 0 radical (unpaired) electrons. The summed E-state index contributed by atoms with van der Waals surface area (Å²) in [5.41, 5.74) is 0. The third kappa shape index (κ3) is 5.22. The summed E-state index contributed by atoms with van der Waals surface area (Å²) < 4.78 is 1.78. The fraction of sp³-hybridized carbons (Fsp3) is 0.545. The number of thioether (sulfide) groups is 1. The Morgan fingerprint density at radius 1 is 1.56 bits per heavy atom. The van der Waals surface area contributed by atoms with Crippen molar-refractivity contribution in [3.05, 3.63) is 18.7 Å². The van der Waals surface area contributed by atoms with Crippen LogP contribution >= 0.6 is 11.8 Å². The van der Waals surface area contributed by atoms with E-state index in [1.165, 1.54) is 0 Å². The lowest BCUT2D eigenvalue weighted by Crippen LogP contribution is -2.41. The third-order valence-electron chi connectivity index (χ3n) is 2.40. The van der Waals surface area contributed by atoms with Gasteiger partial charge < -0.3 is 15.0 Å². The van der Waals surface area contributed by atoms with E-state index >= 15 is 0 Å². The molecule has 1 aromatic heterocycles. The highest BCUT2D eigenvalue weighted by molar-refractivity contribution is 7.98. The van der Waals surface area contributed by atoms with E-state index in [0.29, 0.717) is 18.7 Å². The maximum atomic E-state index is 11.6. The number of amides is 1. The average molecular weight is 271 g/mol. The molecule has 0 spiro atoms. The molecular formula is C11H17N3O3S. The fourth-order valence-corrected chi connectivity index (χ4v) is 1.88. The van der Waals surface area contributed by atoms with Gasteiger partial charge in [-0.05, 0) is 18.4 Å². The Morgan fingerprint density at radius 3 is 2.89 bits per heavy atom. The first-order valence-electron chi connectivity index (χ1n) is 5.60. The minimum absolute atomic E-state index is 0.249. The molecule has 0 aliphatic rings. The summed E-state index contributed by atoms with van der Waals surface area (Å²) in [5.74, 6) is -0.532. The number of imidazole rings is 1. The van der Waals surface area contributed by atoms with Gasteiger partial charge in [0.1, 0.15) is 6.04 Å². The quantitative estimate of drug-likeness (QED) is 0.723. The lowest BCUT2D eigenvalue weighted by Gasteiger charge is -2.13. The molecule has 6 nitrogen and oxygen atoms in total. The number of aliphatic carboxylic acids is 1. The molecule has 0 saturated heterocycles. The lowest BCUT2D eigenvalue weighted by atomic mass is 10.2. The summed E-state index contributed by atoms with van der Waals surface area (Å²) >= 11 is 1.56. The van der Waals surface area contributed by atoms with E-state index < -0.39 is 12.0 Å². The van der Waals surface area contributed by atoms with Crippen molar-refractivity contribution in [2.45, 2.75) is 25.4 Å². The van der Waals surface area contributed by atoms with Crippen LogP contribution in [-0.4, -0.2) is 44.6 Å². The second-order valence-corrected chi connectivity index (χ2v) is 4.78. The van der Waals surface area contributed by atoms with Crippen molar-refractivity contribution in [2.75, 3.05) is 12.0 Å². The molecule has 18 heavy (non-hydrogen) atoms. The first kappa shape index (κ1) is 14.6. The minimum atomic E-state index is -0.986. The highest BCUT2D eigenvalue weighted by Crippen LogP contribution is 2.01. The number of carboxylic acid groups (broad SMARTS) is 1. The molecule has 1 rings (SSSR count). The van der Waals surface area contributed by atoms with Gasteiger partial charge in [0, 0.05) is 25.4 Å². The third-order valence-corrected chi connectivity index (χ3v) is 3.04. The summed E-state index contributed by atoms with van der Waals surface area (Å²) in [5, 5.41) is 11.5. The summed E-state index contributed by atoms with van der Waals surface area (Å²) in [6.07, 6.45) is 7.61. The molecule has 0 fully saturated rings. The lowest BCUT2D eigenvalue weighted by molar-refractivity contribution is -0.141. The normalized spacial score (nSPS) is 12.1. The van der Waals surface area contributed by atoms with Gasteiger partial charge in [0.2, 0.25) is 5.91 Å². The molecule has 1 amide bonds. The van der Waals surface area contributed by atoms with Crippen molar-refractivity contribution in [1.29, 1.82) is 0 Å². The minimum Gasteiger partial charge on any atom is -0.480 e. The summed E-state index contributed by atoms with van der Waals surface area (Å²) in [6, 6.07) is -0.798. The predicted molar refractivity (Wildman–Crippen MR) is 69.4 cm³/mol. The molecule has 0 saturated carbocycles. The van der Waals surface area contributed by atoms with Gasteiger partial charge in [-0.2, -0.15) is 11.8 Å². The molecule has 1 heterocycles. The molecule has 1 unspecified atom stereocenters. The van der Waals surface area contributed by atoms with Crippen LogP contribution < -0.4 is 5.32 Å². The molecule has 0 bridgehead atoms. The van der Waals surface area contributed by atoms with Gasteiger partial charge in [0.15, 0.2) is 0 Å². The SMILES string of the molecule is CSCCC(NC(=O)CCn1ccnc1)C(=O)O. The number of aromatic nitrogens is 2. The number of carbonyl (C=O) groups is 2. The van der Waals surface area contributed by atoms with Crippen molar-refractivity contribution < 1.29 is 14.7 Å². The van der Waals surface area contributed by atoms with E-state index in [4.69, 9.17) is 5.11 Å². The van der Waals surface area contributed by atoms with Crippen LogP contribution in [0.5, 0.6) is 0 Å². The highest BCUT2D eigenvalue weighted by atomic mass is 32.2. The number of hydrogen-bond donors (Lipinski definition) is 2. The zero-order chi connectivity index (χ0) is 13.4. The topological polar surface area (TPSA) is 84.2 Å². The summed E-state index contributed by atoms with van der Waals surface area (Å²) in [6.45, 7) is 0.501. The van der Waals surface area contributed by atoms with E-state index in [1.54, 1.807) is 35.0 Å².